The third-order valence-corrected chi connectivity index (χ3v) is 4.10. The molecule has 1 fully saturated rings. The monoisotopic (exact) mass is 282 g/mol. The smallest absolute Gasteiger partial charge is 0.101 e. The highest BCUT2D eigenvalue weighted by atomic mass is 35.5. The molecule has 3 heteroatoms. The molecule has 0 bridgehead atoms. The third-order valence-electron chi connectivity index (χ3n) is 3.87. The lowest BCUT2D eigenvalue weighted by Gasteiger charge is -2.37. The van der Waals surface area contributed by atoms with Crippen LogP contribution in [0.15, 0.2) is 48.5 Å². The van der Waals surface area contributed by atoms with Crippen molar-refractivity contribution in [3.63, 3.8) is 0 Å². The van der Waals surface area contributed by atoms with Crippen molar-refractivity contribution in [2.75, 3.05) is 5.32 Å². The highest BCUT2D eigenvalue weighted by Crippen LogP contribution is 2.39. The normalized spacial score (nSPS) is 20.8. The van der Waals surface area contributed by atoms with Crippen LogP contribution in [0.5, 0.6) is 0 Å². The van der Waals surface area contributed by atoms with Gasteiger partial charge in [0.15, 0.2) is 0 Å². The molecule has 0 unspecified atom stereocenters. The standard InChI is InChI=1S/C17H15ClN2/c18-15-6-3-5-12(8-15)14-9-16(10-14)20-17-7-2-1-4-13(17)11-19/h1-8,14,16,20H,9-10H2. The molecule has 0 heterocycles. The Morgan fingerprint density at radius 3 is 2.65 bits per heavy atom. The number of nitrogens with one attached hydrogen (secondary N) is 1. The van der Waals surface area contributed by atoms with Crippen LogP contribution in [0.25, 0.3) is 0 Å². The maximum absolute atomic E-state index is 9.08. The van der Waals surface area contributed by atoms with Crippen molar-refractivity contribution in [2.45, 2.75) is 24.8 Å². The van der Waals surface area contributed by atoms with E-state index in [-0.39, 0.29) is 0 Å². The lowest BCUT2D eigenvalue weighted by atomic mass is 9.76. The van der Waals surface area contributed by atoms with Gasteiger partial charge in [-0.3, -0.25) is 0 Å². The van der Waals surface area contributed by atoms with Gasteiger partial charge in [-0.25, -0.2) is 0 Å². The van der Waals surface area contributed by atoms with E-state index in [0.717, 1.165) is 23.6 Å². The van der Waals surface area contributed by atoms with Crippen molar-refractivity contribution >= 4 is 17.3 Å². The molecule has 20 heavy (non-hydrogen) atoms. The maximum Gasteiger partial charge on any atom is 0.101 e. The van der Waals surface area contributed by atoms with Gasteiger partial charge in [0, 0.05) is 11.1 Å². The molecule has 0 aromatic heterocycles. The van der Waals surface area contributed by atoms with E-state index in [1.165, 1.54) is 5.56 Å². The first kappa shape index (κ1) is 13.0. The highest BCUT2D eigenvalue weighted by Gasteiger charge is 2.30. The van der Waals surface area contributed by atoms with E-state index in [4.69, 9.17) is 16.9 Å². The first-order valence-corrected chi connectivity index (χ1v) is 7.15. The summed E-state index contributed by atoms with van der Waals surface area (Å²) in [5.41, 5.74) is 2.95. The molecule has 1 saturated carbocycles. The van der Waals surface area contributed by atoms with Gasteiger partial charge in [0.2, 0.25) is 0 Å². The molecule has 2 nitrogen and oxygen atoms in total. The quantitative estimate of drug-likeness (QED) is 0.895. The van der Waals surface area contributed by atoms with E-state index in [9.17, 15) is 0 Å². The summed E-state index contributed by atoms with van der Waals surface area (Å²) in [5.74, 6) is 0.570. The van der Waals surface area contributed by atoms with Crippen molar-refractivity contribution in [3.05, 3.63) is 64.7 Å². The third kappa shape index (κ3) is 2.64. The van der Waals surface area contributed by atoms with Crippen molar-refractivity contribution in [1.29, 1.82) is 5.26 Å². The summed E-state index contributed by atoms with van der Waals surface area (Å²) in [4.78, 5) is 0. The highest BCUT2D eigenvalue weighted by molar-refractivity contribution is 6.30. The Balaban J connectivity index is 1.63. The van der Waals surface area contributed by atoms with Gasteiger partial charge in [-0.2, -0.15) is 5.26 Å². The number of benzene rings is 2. The first-order valence-electron chi connectivity index (χ1n) is 6.77. The summed E-state index contributed by atoms with van der Waals surface area (Å²) >= 11 is 6.02. The van der Waals surface area contributed by atoms with E-state index in [1.807, 2.05) is 42.5 Å². The molecule has 100 valence electrons. The average molecular weight is 283 g/mol. The molecule has 1 aliphatic carbocycles. The molecule has 0 atom stereocenters. The zero-order valence-corrected chi connectivity index (χ0v) is 11.8. The number of nitrogens with zero attached hydrogens (tertiary/aromatic N) is 1. The van der Waals surface area contributed by atoms with Crippen LogP contribution >= 0.6 is 11.6 Å². The summed E-state index contributed by atoms with van der Waals surface area (Å²) in [5, 5.41) is 13.3. The zero-order chi connectivity index (χ0) is 13.9. The van der Waals surface area contributed by atoms with Crippen LogP contribution in [0, 0.1) is 11.3 Å². The lowest BCUT2D eigenvalue weighted by Crippen LogP contribution is -2.34. The number of rotatable bonds is 3. The molecule has 0 spiro atoms. The van der Waals surface area contributed by atoms with Gasteiger partial charge in [0.1, 0.15) is 6.07 Å². The summed E-state index contributed by atoms with van der Waals surface area (Å²) in [7, 11) is 0. The van der Waals surface area contributed by atoms with E-state index >= 15 is 0 Å². The Hall–Kier alpha value is -1.98. The van der Waals surface area contributed by atoms with Crippen molar-refractivity contribution in [3.8, 4) is 6.07 Å². The van der Waals surface area contributed by atoms with Gasteiger partial charge >= 0.3 is 0 Å². The molecule has 0 saturated heterocycles. The fourth-order valence-corrected chi connectivity index (χ4v) is 2.89. The number of nitriles is 1. The molecule has 1 N–H and O–H groups in total. The van der Waals surface area contributed by atoms with Gasteiger partial charge < -0.3 is 5.32 Å². The lowest BCUT2D eigenvalue weighted by molar-refractivity contribution is 0.374. The second-order valence-electron chi connectivity index (χ2n) is 5.22. The summed E-state index contributed by atoms with van der Waals surface area (Å²) in [6, 6.07) is 18.4. The minimum atomic E-state index is 0.438. The van der Waals surface area contributed by atoms with Gasteiger partial charge in [0.25, 0.3) is 0 Å². The molecule has 2 aromatic rings. The fraction of sp³-hybridized carbons (Fsp3) is 0.235. The van der Waals surface area contributed by atoms with Gasteiger partial charge in [-0.05, 0) is 48.6 Å². The molecule has 0 amide bonds. The number of anilines is 1. The van der Waals surface area contributed by atoms with E-state index in [0.29, 0.717) is 17.5 Å². The predicted octanol–water partition coefficient (Wildman–Crippen LogP) is 4.57. The molecule has 0 aliphatic heterocycles. The van der Waals surface area contributed by atoms with Crippen molar-refractivity contribution in [1.82, 2.24) is 0 Å². The van der Waals surface area contributed by atoms with E-state index < -0.39 is 0 Å². The summed E-state index contributed by atoms with van der Waals surface area (Å²) < 4.78 is 0. The first-order chi connectivity index (χ1) is 9.76. The van der Waals surface area contributed by atoms with Crippen LogP contribution < -0.4 is 5.32 Å². The Morgan fingerprint density at radius 2 is 1.90 bits per heavy atom. The average Bonchev–Trinajstić information content (AvgIpc) is 2.42. The molecule has 0 radical (unpaired) electrons. The van der Waals surface area contributed by atoms with Gasteiger partial charge in [-0.15, -0.1) is 0 Å². The van der Waals surface area contributed by atoms with Crippen LogP contribution in [0.3, 0.4) is 0 Å². The molecule has 1 aliphatic rings. The summed E-state index contributed by atoms with van der Waals surface area (Å²) in [6.45, 7) is 0. The molecular weight excluding hydrogens is 268 g/mol. The van der Waals surface area contributed by atoms with Gasteiger partial charge in [-0.1, -0.05) is 35.9 Å². The number of para-hydroxylation sites is 1. The van der Waals surface area contributed by atoms with Crippen LogP contribution in [-0.4, -0.2) is 6.04 Å². The minimum Gasteiger partial charge on any atom is -0.381 e. The molecular formula is C17H15ClN2. The van der Waals surface area contributed by atoms with Crippen molar-refractivity contribution in [2.24, 2.45) is 0 Å². The topological polar surface area (TPSA) is 35.8 Å². The summed E-state index contributed by atoms with van der Waals surface area (Å²) in [6.07, 6.45) is 2.17. The Bertz CT molecular complexity index is 654. The van der Waals surface area contributed by atoms with E-state index in [1.54, 1.807) is 0 Å². The fourth-order valence-electron chi connectivity index (χ4n) is 2.69. The molecule has 2 aromatic carbocycles. The van der Waals surface area contributed by atoms with Crippen molar-refractivity contribution < 1.29 is 0 Å². The van der Waals surface area contributed by atoms with Gasteiger partial charge in [0.05, 0.1) is 11.3 Å². The Kier molecular flexibility index (Phi) is 3.62. The maximum atomic E-state index is 9.08. The van der Waals surface area contributed by atoms with Crippen LogP contribution in [-0.2, 0) is 0 Å². The second-order valence-corrected chi connectivity index (χ2v) is 5.66. The van der Waals surface area contributed by atoms with Crippen LogP contribution in [0.2, 0.25) is 5.02 Å². The van der Waals surface area contributed by atoms with Crippen LogP contribution in [0.1, 0.15) is 29.9 Å². The number of hydrogen-bond donors (Lipinski definition) is 1. The second kappa shape index (κ2) is 5.56. The SMILES string of the molecule is N#Cc1ccccc1NC1CC(c2cccc(Cl)c2)C1. The minimum absolute atomic E-state index is 0.438. The predicted molar refractivity (Wildman–Crippen MR) is 82.0 cm³/mol. The van der Waals surface area contributed by atoms with E-state index in [2.05, 4.69) is 17.5 Å². The van der Waals surface area contributed by atoms with Crippen LogP contribution in [0.4, 0.5) is 5.69 Å². The Morgan fingerprint density at radius 1 is 1.10 bits per heavy atom. The zero-order valence-electron chi connectivity index (χ0n) is 11.0. The molecule has 3 rings (SSSR count). The Labute approximate surface area is 124 Å². The largest absolute Gasteiger partial charge is 0.381 e. The number of hydrogen-bond acceptors (Lipinski definition) is 2. The number of halogens is 1.